The second-order valence-corrected chi connectivity index (χ2v) is 9.58. The number of hydrogen-bond donors (Lipinski definition) is 0. The molecule has 1 atom stereocenters. The van der Waals surface area contributed by atoms with Gasteiger partial charge in [0.2, 0.25) is 10.0 Å². The zero-order valence-corrected chi connectivity index (χ0v) is 16.3. The molecule has 0 amide bonds. The van der Waals surface area contributed by atoms with Crippen LogP contribution in [0.3, 0.4) is 0 Å². The highest BCUT2D eigenvalue weighted by molar-refractivity contribution is 7.89. The summed E-state index contributed by atoms with van der Waals surface area (Å²) in [6.07, 6.45) is 4.66. The van der Waals surface area contributed by atoms with Gasteiger partial charge in [0.05, 0.1) is 18.5 Å². The lowest BCUT2D eigenvalue weighted by molar-refractivity contribution is 0.0725. The van der Waals surface area contributed by atoms with Crippen molar-refractivity contribution in [1.82, 2.24) is 13.9 Å². The predicted molar refractivity (Wildman–Crippen MR) is 99.9 cm³/mol. The molecule has 0 spiro atoms. The fraction of sp³-hybridized carbons (Fsp3) is 0.765. The summed E-state index contributed by atoms with van der Waals surface area (Å²) in [6, 6.07) is 0. The van der Waals surface area contributed by atoms with Gasteiger partial charge in [-0.2, -0.15) is 4.31 Å². The normalized spacial score (nSPS) is 22.7. The number of aromatic nitrogens is 2. The Morgan fingerprint density at radius 2 is 2.00 bits per heavy atom. The minimum atomic E-state index is -3.39. The van der Waals surface area contributed by atoms with Gasteiger partial charge in [0.1, 0.15) is 0 Å². The number of morpholine rings is 1. The maximum absolute atomic E-state index is 13.0. The Kier molecular flexibility index (Phi) is 5.99. The monoisotopic (exact) mass is 384 g/mol. The molecule has 2 saturated heterocycles. The Morgan fingerprint density at radius 3 is 2.69 bits per heavy atom. The summed E-state index contributed by atoms with van der Waals surface area (Å²) in [7, 11) is -3.39. The van der Waals surface area contributed by atoms with E-state index in [1.807, 2.05) is 4.90 Å². The highest BCUT2D eigenvalue weighted by atomic mass is 32.2. The van der Waals surface area contributed by atoms with Crippen LogP contribution in [0.1, 0.15) is 26.7 Å². The van der Waals surface area contributed by atoms with E-state index in [9.17, 15) is 13.2 Å². The highest BCUT2D eigenvalue weighted by Crippen LogP contribution is 2.23. The summed E-state index contributed by atoms with van der Waals surface area (Å²) in [5, 5.41) is -0.505. The smallest absolute Gasteiger partial charge is 0.293 e. The van der Waals surface area contributed by atoms with Crippen LogP contribution in [-0.2, 0) is 21.3 Å². The predicted octanol–water partition coefficient (Wildman–Crippen LogP) is 0.530. The van der Waals surface area contributed by atoms with Gasteiger partial charge in [0.25, 0.3) is 5.56 Å². The number of piperidine rings is 1. The average molecular weight is 385 g/mol. The fourth-order valence-electron chi connectivity index (χ4n) is 3.58. The molecule has 3 rings (SSSR count). The lowest BCUT2D eigenvalue weighted by Crippen LogP contribution is -2.51. The van der Waals surface area contributed by atoms with Crippen LogP contribution in [0.25, 0.3) is 0 Å². The molecule has 0 aromatic carbocycles. The van der Waals surface area contributed by atoms with Crippen LogP contribution in [0.5, 0.6) is 0 Å². The van der Waals surface area contributed by atoms with Gasteiger partial charge in [0, 0.05) is 45.1 Å². The summed E-state index contributed by atoms with van der Waals surface area (Å²) in [4.78, 5) is 18.8. The average Bonchev–Trinajstić information content (AvgIpc) is 2.64. The quantitative estimate of drug-likeness (QED) is 0.736. The first kappa shape index (κ1) is 19.3. The lowest BCUT2D eigenvalue weighted by atomic mass is 10.1. The maximum atomic E-state index is 13.0. The van der Waals surface area contributed by atoms with Crippen LogP contribution in [0.4, 0.5) is 5.82 Å². The van der Waals surface area contributed by atoms with Crippen LogP contribution in [0.15, 0.2) is 17.2 Å². The number of nitrogens with zero attached hydrogens (tertiary/aromatic N) is 4. The summed E-state index contributed by atoms with van der Waals surface area (Å²) < 4.78 is 34.4. The minimum absolute atomic E-state index is 0.148. The summed E-state index contributed by atoms with van der Waals surface area (Å²) in [6.45, 7) is 7.39. The van der Waals surface area contributed by atoms with Gasteiger partial charge in [-0.15, -0.1) is 0 Å². The summed E-state index contributed by atoms with van der Waals surface area (Å²) in [5.41, 5.74) is -0.148. The fourth-order valence-corrected chi connectivity index (χ4v) is 5.49. The number of sulfonamides is 1. The number of anilines is 1. The van der Waals surface area contributed by atoms with E-state index in [0.717, 1.165) is 6.42 Å². The van der Waals surface area contributed by atoms with Gasteiger partial charge in [-0.25, -0.2) is 13.4 Å². The van der Waals surface area contributed by atoms with Crippen molar-refractivity contribution < 1.29 is 13.2 Å². The van der Waals surface area contributed by atoms with E-state index in [0.29, 0.717) is 64.1 Å². The first-order valence-electron chi connectivity index (χ1n) is 9.26. The molecule has 0 bridgehead atoms. The molecular weight excluding hydrogens is 356 g/mol. The first-order valence-corrected chi connectivity index (χ1v) is 10.8. The standard InChI is InChI=1S/C17H28N4O4S/c1-14(2)12-20-7-5-18-16(17(20)22)19-6-3-4-15(13-19)26(23,24)21-8-10-25-11-9-21/h5,7,14-15H,3-4,6,8-13H2,1-2H3/t15-/m0/s1. The molecule has 2 aliphatic rings. The van der Waals surface area contributed by atoms with E-state index in [4.69, 9.17) is 4.74 Å². The minimum Gasteiger partial charge on any atom is -0.379 e. The van der Waals surface area contributed by atoms with Gasteiger partial charge in [-0.05, 0) is 18.8 Å². The molecule has 1 aromatic heterocycles. The molecule has 26 heavy (non-hydrogen) atoms. The van der Waals surface area contributed by atoms with Crippen LogP contribution in [0.2, 0.25) is 0 Å². The van der Waals surface area contributed by atoms with Gasteiger partial charge >= 0.3 is 0 Å². The summed E-state index contributed by atoms with van der Waals surface area (Å²) in [5.74, 6) is 0.703. The van der Waals surface area contributed by atoms with E-state index < -0.39 is 15.3 Å². The Labute approximate surface area is 154 Å². The van der Waals surface area contributed by atoms with E-state index >= 15 is 0 Å². The molecule has 0 N–H and O–H groups in total. The molecule has 2 aliphatic heterocycles. The molecular formula is C17H28N4O4S. The van der Waals surface area contributed by atoms with E-state index in [1.54, 1.807) is 17.0 Å². The molecule has 3 heterocycles. The molecule has 146 valence electrons. The van der Waals surface area contributed by atoms with Crippen molar-refractivity contribution in [2.45, 2.75) is 38.5 Å². The maximum Gasteiger partial charge on any atom is 0.293 e. The van der Waals surface area contributed by atoms with Crippen molar-refractivity contribution in [3.05, 3.63) is 22.7 Å². The largest absolute Gasteiger partial charge is 0.379 e. The van der Waals surface area contributed by atoms with Gasteiger partial charge in [-0.1, -0.05) is 13.8 Å². The van der Waals surface area contributed by atoms with Crippen LogP contribution in [0, 0.1) is 5.92 Å². The molecule has 0 radical (unpaired) electrons. The van der Waals surface area contributed by atoms with Crippen molar-refractivity contribution in [3.63, 3.8) is 0 Å². The van der Waals surface area contributed by atoms with Gasteiger partial charge < -0.3 is 14.2 Å². The van der Waals surface area contributed by atoms with E-state index in [2.05, 4.69) is 18.8 Å². The van der Waals surface area contributed by atoms with Crippen molar-refractivity contribution in [3.8, 4) is 0 Å². The topological polar surface area (TPSA) is 84.7 Å². The summed E-state index contributed by atoms with van der Waals surface area (Å²) >= 11 is 0. The van der Waals surface area contributed by atoms with Crippen LogP contribution >= 0.6 is 0 Å². The van der Waals surface area contributed by atoms with Crippen molar-refractivity contribution in [2.24, 2.45) is 5.92 Å². The Hall–Kier alpha value is -1.45. The third-order valence-corrected chi connectivity index (χ3v) is 7.20. The third-order valence-electron chi connectivity index (χ3n) is 4.89. The molecule has 9 heteroatoms. The number of ether oxygens (including phenoxy) is 1. The molecule has 8 nitrogen and oxygen atoms in total. The van der Waals surface area contributed by atoms with Crippen LogP contribution < -0.4 is 10.5 Å². The van der Waals surface area contributed by atoms with E-state index in [1.165, 1.54) is 4.31 Å². The van der Waals surface area contributed by atoms with E-state index in [-0.39, 0.29) is 5.56 Å². The molecule has 1 aromatic rings. The van der Waals surface area contributed by atoms with Crippen LogP contribution in [-0.4, -0.2) is 66.9 Å². The van der Waals surface area contributed by atoms with Crippen molar-refractivity contribution in [2.75, 3.05) is 44.3 Å². The van der Waals surface area contributed by atoms with Gasteiger partial charge in [-0.3, -0.25) is 4.79 Å². The Bertz CT molecular complexity index is 771. The second-order valence-electron chi connectivity index (χ2n) is 7.37. The highest BCUT2D eigenvalue weighted by Gasteiger charge is 2.37. The van der Waals surface area contributed by atoms with Gasteiger partial charge in [0.15, 0.2) is 5.82 Å². The molecule has 2 fully saturated rings. The molecule has 0 unspecified atom stereocenters. The SMILES string of the molecule is CC(C)Cn1ccnc(N2CCC[C@H](S(=O)(=O)N3CCOCC3)C2)c1=O. The third kappa shape index (κ3) is 4.10. The first-order chi connectivity index (χ1) is 12.4. The Morgan fingerprint density at radius 1 is 1.27 bits per heavy atom. The molecule has 0 saturated carbocycles. The lowest BCUT2D eigenvalue weighted by Gasteiger charge is -2.36. The number of hydrogen-bond acceptors (Lipinski definition) is 6. The zero-order valence-electron chi connectivity index (χ0n) is 15.5. The zero-order chi connectivity index (χ0) is 18.7. The Balaban J connectivity index is 1.79. The second kappa shape index (κ2) is 8.06. The van der Waals surface area contributed by atoms with Crippen molar-refractivity contribution >= 4 is 15.8 Å². The molecule has 0 aliphatic carbocycles. The van der Waals surface area contributed by atoms with Crippen molar-refractivity contribution in [1.29, 1.82) is 0 Å². The number of rotatable bonds is 5.